The van der Waals surface area contributed by atoms with Crippen molar-refractivity contribution in [2.24, 2.45) is 7.05 Å². The number of aryl methyl sites for hydroxylation is 1. The Kier molecular flexibility index (Phi) is 3.70. The van der Waals surface area contributed by atoms with Gasteiger partial charge in [-0.25, -0.2) is 0 Å². The van der Waals surface area contributed by atoms with Crippen molar-refractivity contribution in [3.8, 4) is 22.3 Å². The van der Waals surface area contributed by atoms with Crippen LogP contribution in [0.25, 0.3) is 54.8 Å². The van der Waals surface area contributed by atoms with Crippen LogP contribution in [0.4, 0.5) is 0 Å². The highest BCUT2D eigenvalue weighted by Gasteiger charge is 2.37. The summed E-state index contributed by atoms with van der Waals surface area (Å²) in [5, 5.41) is 8.47. The Morgan fingerprint density at radius 3 is 2.21 bits per heavy atom. The summed E-state index contributed by atoms with van der Waals surface area (Å²) in [5.74, 6) is 0. The molecule has 2 heteroatoms. The first-order chi connectivity index (χ1) is 16.1. The standard InChI is InChI=1S/C31H25NSi/c1-32-26-13-8-12-23(31(26)30-22-10-5-4-9-20(22)16-18-27(30)32)21-15-17-25-24-11-6-7-14-28(24)33(2,3)29(25)19-21/h4-19H,1-3H3. The first-order valence-electron chi connectivity index (χ1n) is 11.7. The Hall–Kier alpha value is -3.62. The number of hydrogen-bond acceptors (Lipinski definition) is 0. The monoisotopic (exact) mass is 439 g/mol. The minimum Gasteiger partial charge on any atom is -0.344 e. The average molecular weight is 440 g/mol. The molecule has 33 heavy (non-hydrogen) atoms. The lowest BCUT2D eigenvalue weighted by Crippen LogP contribution is -2.49. The van der Waals surface area contributed by atoms with Crippen LogP contribution in [-0.2, 0) is 7.05 Å². The maximum atomic E-state index is 2.50. The number of nitrogens with zero attached hydrogens (tertiary/aromatic N) is 1. The van der Waals surface area contributed by atoms with Gasteiger partial charge in [-0.1, -0.05) is 98.0 Å². The fraction of sp³-hybridized carbons (Fsp3) is 0.0968. The SMILES string of the molecule is Cn1c2cccc(-c3ccc4c(c3)[Si](C)(C)c3ccccc3-4)c2c2c3ccccc3ccc21. The van der Waals surface area contributed by atoms with Gasteiger partial charge in [0.05, 0.1) is 0 Å². The van der Waals surface area contributed by atoms with E-state index in [2.05, 4.69) is 122 Å². The molecule has 0 N–H and O–H groups in total. The molecule has 0 aliphatic carbocycles. The van der Waals surface area contributed by atoms with E-state index in [1.165, 1.54) is 54.8 Å². The molecule has 5 aromatic carbocycles. The lowest BCUT2D eigenvalue weighted by Gasteiger charge is -2.19. The van der Waals surface area contributed by atoms with Crippen molar-refractivity contribution in [1.29, 1.82) is 0 Å². The molecule has 2 heterocycles. The van der Waals surface area contributed by atoms with Crippen LogP contribution in [0.2, 0.25) is 13.1 Å². The predicted octanol–water partition coefficient (Wildman–Crippen LogP) is 6.95. The van der Waals surface area contributed by atoms with Gasteiger partial charge in [0, 0.05) is 28.9 Å². The zero-order valence-electron chi connectivity index (χ0n) is 19.2. The first-order valence-corrected chi connectivity index (χ1v) is 14.7. The van der Waals surface area contributed by atoms with Crippen molar-refractivity contribution in [3.63, 3.8) is 0 Å². The van der Waals surface area contributed by atoms with Gasteiger partial charge >= 0.3 is 0 Å². The van der Waals surface area contributed by atoms with Crippen LogP contribution >= 0.6 is 0 Å². The Morgan fingerprint density at radius 2 is 1.30 bits per heavy atom. The molecule has 0 atom stereocenters. The van der Waals surface area contributed by atoms with Gasteiger partial charge in [0.1, 0.15) is 8.07 Å². The summed E-state index contributed by atoms with van der Waals surface area (Å²) in [5.41, 5.74) is 8.11. The molecule has 6 aromatic rings. The largest absolute Gasteiger partial charge is 0.344 e. The second-order valence-corrected chi connectivity index (χ2v) is 14.2. The summed E-state index contributed by atoms with van der Waals surface area (Å²) in [6.45, 7) is 4.99. The summed E-state index contributed by atoms with van der Waals surface area (Å²) < 4.78 is 2.35. The molecular weight excluding hydrogens is 414 g/mol. The zero-order valence-corrected chi connectivity index (χ0v) is 20.2. The van der Waals surface area contributed by atoms with Gasteiger partial charge in [-0.05, 0) is 55.5 Å². The van der Waals surface area contributed by atoms with E-state index in [9.17, 15) is 0 Å². The molecule has 1 aliphatic rings. The van der Waals surface area contributed by atoms with E-state index in [0.29, 0.717) is 0 Å². The van der Waals surface area contributed by atoms with Crippen LogP contribution in [0.15, 0.2) is 97.1 Å². The fourth-order valence-corrected chi connectivity index (χ4v) is 9.23. The molecule has 0 unspecified atom stereocenters. The number of fused-ring (bicyclic) bond motifs is 8. The van der Waals surface area contributed by atoms with Crippen molar-refractivity contribution in [2.75, 3.05) is 0 Å². The van der Waals surface area contributed by atoms with Crippen LogP contribution in [0.1, 0.15) is 0 Å². The molecular formula is C31H25NSi. The molecule has 0 amide bonds. The Morgan fingerprint density at radius 1 is 0.576 bits per heavy atom. The van der Waals surface area contributed by atoms with Gasteiger partial charge in [0.2, 0.25) is 0 Å². The first kappa shape index (κ1) is 18.9. The van der Waals surface area contributed by atoms with Crippen molar-refractivity contribution >= 4 is 51.0 Å². The molecule has 1 nitrogen and oxygen atoms in total. The Balaban J connectivity index is 1.57. The topological polar surface area (TPSA) is 4.93 Å². The third-order valence-electron chi connectivity index (χ3n) is 7.82. The Labute approximate surface area is 194 Å². The summed E-state index contributed by atoms with van der Waals surface area (Å²) in [6.07, 6.45) is 0. The quantitative estimate of drug-likeness (QED) is 0.244. The third kappa shape index (κ3) is 2.42. The second-order valence-electron chi connectivity index (χ2n) is 9.87. The maximum absolute atomic E-state index is 2.50. The maximum Gasteiger partial charge on any atom is 0.113 e. The lowest BCUT2D eigenvalue weighted by atomic mass is 9.95. The predicted molar refractivity (Wildman–Crippen MR) is 146 cm³/mol. The summed E-state index contributed by atoms with van der Waals surface area (Å²) in [7, 11) is 0.482. The van der Waals surface area contributed by atoms with Gasteiger partial charge in [-0.2, -0.15) is 0 Å². The van der Waals surface area contributed by atoms with Gasteiger partial charge in [0.15, 0.2) is 0 Å². The molecule has 0 fully saturated rings. The number of benzene rings is 5. The number of rotatable bonds is 1. The highest BCUT2D eigenvalue weighted by Crippen LogP contribution is 2.40. The molecule has 0 spiro atoms. The lowest BCUT2D eigenvalue weighted by molar-refractivity contribution is 1.01. The van der Waals surface area contributed by atoms with Gasteiger partial charge in [0.25, 0.3) is 0 Å². The van der Waals surface area contributed by atoms with Gasteiger partial charge < -0.3 is 4.57 Å². The molecule has 0 saturated heterocycles. The summed E-state index contributed by atoms with van der Waals surface area (Å²) in [6, 6.07) is 36.3. The molecule has 0 bridgehead atoms. The molecule has 0 radical (unpaired) electrons. The summed E-state index contributed by atoms with van der Waals surface area (Å²) in [4.78, 5) is 0. The molecule has 1 aliphatic heterocycles. The smallest absolute Gasteiger partial charge is 0.113 e. The molecule has 0 saturated carbocycles. The highest BCUT2D eigenvalue weighted by molar-refractivity contribution is 7.03. The Bertz CT molecular complexity index is 1750. The van der Waals surface area contributed by atoms with E-state index in [-0.39, 0.29) is 0 Å². The number of aromatic nitrogens is 1. The van der Waals surface area contributed by atoms with Gasteiger partial charge in [-0.15, -0.1) is 0 Å². The van der Waals surface area contributed by atoms with Crippen molar-refractivity contribution < 1.29 is 0 Å². The zero-order chi connectivity index (χ0) is 22.3. The van der Waals surface area contributed by atoms with E-state index < -0.39 is 8.07 Å². The highest BCUT2D eigenvalue weighted by atomic mass is 28.3. The summed E-state index contributed by atoms with van der Waals surface area (Å²) >= 11 is 0. The number of hydrogen-bond donors (Lipinski definition) is 0. The van der Waals surface area contributed by atoms with Crippen LogP contribution < -0.4 is 10.4 Å². The minimum atomic E-state index is -1.71. The molecule has 158 valence electrons. The van der Waals surface area contributed by atoms with Crippen LogP contribution in [0.3, 0.4) is 0 Å². The fourth-order valence-electron chi connectivity index (χ4n) is 6.13. The van der Waals surface area contributed by atoms with Crippen molar-refractivity contribution in [2.45, 2.75) is 13.1 Å². The second kappa shape index (κ2) is 6.46. The van der Waals surface area contributed by atoms with E-state index in [4.69, 9.17) is 0 Å². The van der Waals surface area contributed by atoms with E-state index in [1.807, 2.05) is 0 Å². The average Bonchev–Trinajstić information content (AvgIpc) is 3.28. The van der Waals surface area contributed by atoms with E-state index in [0.717, 1.165) is 0 Å². The van der Waals surface area contributed by atoms with Crippen LogP contribution in [0.5, 0.6) is 0 Å². The molecule has 7 rings (SSSR count). The third-order valence-corrected chi connectivity index (χ3v) is 11.4. The van der Waals surface area contributed by atoms with E-state index >= 15 is 0 Å². The van der Waals surface area contributed by atoms with Crippen LogP contribution in [-0.4, -0.2) is 12.6 Å². The van der Waals surface area contributed by atoms with Crippen LogP contribution in [0, 0.1) is 0 Å². The van der Waals surface area contributed by atoms with Crippen molar-refractivity contribution in [3.05, 3.63) is 97.1 Å². The minimum absolute atomic E-state index is 1.29. The van der Waals surface area contributed by atoms with E-state index in [1.54, 1.807) is 10.4 Å². The molecule has 1 aromatic heterocycles. The normalized spacial score (nSPS) is 14.2. The van der Waals surface area contributed by atoms with Gasteiger partial charge in [-0.3, -0.25) is 0 Å². The van der Waals surface area contributed by atoms with Crippen molar-refractivity contribution in [1.82, 2.24) is 4.57 Å².